The van der Waals surface area contributed by atoms with Gasteiger partial charge in [0.1, 0.15) is 0 Å². The fourth-order valence-corrected chi connectivity index (χ4v) is 1.23. The average molecular weight is 185 g/mol. The molecule has 0 aliphatic heterocycles. The highest BCUT2D eigenvalue weighted by Gasteiger charge is 2.08. The molecule has 0 aliphatic carbocycles. The van der Waals surface area contributed by atoms with E-state index < -0.39 is 5.91 Å². The van der Waals surface area contributed by atoms with E-state index in [1.54, 1.807) is 25.2 Å². The lowest BCUT2D eigenvalue weighted by Crippen LogP contribution is -2.12. The second kappa shape index (κ2) is 3.45. The number of rotatable bonds is 2. The first-order valence-electron chi connectivity index (χ1n) is 3.43. The third kappa shape index (κ3) is 1.51. The third-order valence-corrected chi connectivity index (χ3v) is 1.94. The normalized spacial score (nSPS) is 9.50. The van der Waals surface area contributed by atoms with Gasteiger partial charge in [0, 0.05) is 7.05 Å². The number of halogens is 1. The molecule has 0 saturated heterocycles. The Morgan fingerprint density at radius 3 is 2.75 bits per heavy atom. The number of anilines is 1. The fraction of sp³-hybridized carbons (Fsp3) is 0.125. The number of carbonyl (C=O) groups excluding carboxylic acids is 1. The van der Waals surface area contributed by atoms with E-state index in [-0.39, 0.29) is 0 Å². The van der Waals surface area contributed by atoms with Gasteiger partial charge in [0.2, 0.25) is 5.91 Å². The van der Waals surface area contributed by atoms with Gasteiger partial charge in [0.05, 0.1) is 16.3 Å². The van der Waals surface area contributed by atoms with Crippen LogP contribution in [0.2, 0.25) is 5.02 Å². The van der Waals surface area contributed by atoms with Crippen LogP contribution < -0.4 is 11.1 Å². The number of amides is 1. The summed E-state index contributed by atoms with van der Waals surface area (Å²) in [6.07, 6.45) is 0. The van der Waals surface area contributed by atoms with Gasteiger partial charge in [-0.25, -0.2) is 0 Å². The minimum atomic E-state index is -0.517. The highest BCUT2D eigenvalue weighted by molar-refractivity contribution is 6.36. The van der Waals surface area contributed by atoms with Crippen molar-refractivity contribution in [3.8, 4) is 0 Å². The molecule has 0 fully saturated rings. The molecule has 0 radical (unpaired) electrons. The van der Waals surface area contributed by atoms with Gasteiger partial charge in [0.25, 0.3) is 0 Å². The molecule has 64 valence electrons. The van der Waals surface area contributed by atoms with Gasteiger partial charge >= 0.3 is 0 Å². The molecule has 12 heavy (non-hydrogen) atoms. The van der Waals surface area contributed by atoms with Gasteiger partial charge in [-0.1, -0.05) is 17.7 Å². The number of hydrogen-bond acceptors (Lipinski definition) is 2. The van der Waals surface area contributed by atoms with Crippen molar-refractivity contribution in [1.29, 1.82) is 0 Å². The Balaban J connectivity index is 3.23. The summed E-state index contributed by atoms with van der Waals surface area (Å²) < 4.78 is 0. The van der Waals surface area contributed by atoms with Crippen LogP contribution >= 0.6 is 11.6 Å². The monoisotopic (exact) mass is 184 g/mol. The summed E-state index contributed by atoms with van der Waals surface area (Å²) in [5.41, 5.74) is 6.13. The molecule has 1 rings (SSSR count). The molecular weight excluding hydrogens is 176 g/mol. The summed E-state index contributed by atoms with van der Waals surface area (Å²) in [4.78, 5) is 10.8. The lowest BCUT2D eigenvalue weighted by molar-refractivity contribution is 0.100. The molecule has 1 amide bonds. The predicted octanol–water partition coefficient (Wildman–Crippen LogP) is 1.48. The maximum atomic E-state index is 10.8. The quantitative estimate of drug-likeness (QED) is 0.732. The number of benzene rings is 1. The van der Waals surface area contributed by atoms with Crippen molar-refractivity contribution < 1.29 is 4.79 Å². The molecular formula is C8H9ClN2O. The van der Waals surface area contributed by atoms with E-state index in [0.717, 1.165) is 0 Å². The van der Waals surface area contributed by atoms with Crippen LogP contribution in [0.3, 0.4) is 0 Å². The zero-order valence-electron chi connectivity index (χ0n) is 6.60. The van der Waals surface area contributed by atoms with Crippen LogP contribution in [-0.2, 0) is 0 Å². The zero-order chi connectivity index (χ0) is 9.14. The molecule has 0 unspecified atom stereocenters. The Hall–Kier alpha value is -1.22. The molecule has 0 heterocycles. The maximum absolute atomic E-state index is 10.8. The molecule has 0 aromatic heterocycles. The highest BCUT2D eigenvalue weighted by Crippen LogP contribution is 2.24. The predicted molar refractivity (Wildman–Crippen MR) is 49.5 cm³/mol. The zero-order valence-corrected chi connectivity index (χ0v) is 7.35. The van der Waals surface area contributed by atoms with Gasteiger partial charge in [0.15, 0.2) is 0 Å². The summed E-state index contributed by atoms with van der Waals surface area (Å²) in [5.74, 6) is -0.517. The summed E-state index contributed by atoms with van der Waals surface area (Å²) in [7, 11) is 1.73. The number of carbonyl (C=O) groups is 1. The van der Waals surface area contributed by atoms with Crippen LogP contribution in [0, 0.1) is 0 Å². The van der Waals surface area contributed by atoms with E-state index in [9.17, 15) is 4.79 Å². The van der Waals surface area contributed by atoms with Crippen LogP contribution in [0.25, 0.3) is 0 Å². The SMILES string of the molecule is CNc1cccc(C(N)=O)c1Cl. The summed E-state index contributed by atoms with van der Waals surface area (Å²) >= 11 is 5.84. The molecule has 1 aromatic carbocycles. The molecule has 1 aromatic rings. The Bertz CT molecular complexity index is 312. The Morgan fingerprint density at radius 1 is 1.58 bits per heavy atom. The second-order valence-corrected chi connectivity index (χ2v) is 2.66. The summed E-state index contributed by atoms with van der Waals surface area (Å²) in [6.45, 7) is 0. The van der Waals surface area contributed by atoms with Crippen LogP contribution in [0.5, 0.6) is 0 Å². The first kappa shape index (κ1) is 8.87. The van der Waals surface area contributed by atoms with E-state index in [0.29, 0.717) is 16.3 Å². The van der Waals surface area contributed by atoms with Crippen LogP contribution in [0.15, 0.2) is 18.2 Å². The third-order valence-electron chi connectivity index (χ3n) is 1.53. The standard InChI is InChI=1S/C8H9ClN2O/c1-11-6-4-2-3-5(7(6)9)8(10)12/h2-4,11H,1H3,(H2,10,12). The highest BCUT2D eigenvalue weighted by atomic mass is 35.5. The van der Waals surface area contributed by atoms with E-state index in [4.69, 9.17) is 17.3 Å². The molecule has 0 aliphatic rings. The van der Waals surface area contributed by atoms with E-state index in [1.807, 2.05) is 0 Å². The smallest absolute Gasteiger partial charge is 0.250 e. The molecule has 3 nitrogen and oxygen atoms in total. The van der Waals surface area contributed by atoms with Gasteiger partial charge < -0.3 is 11.1 Å². The van der Waals surface area contributed by atoms with Crippen molar-refractivity contribution in [1.82, 2.24) is 0 Å². The van der Waals surface area contributed by atoms with Crippen molar-refractivity contribution in [2.45, 2.75) is 0 Å². The van der Waals surface area contributed by atoms with Crippen LogP contribution in [0.1, 0.15) is 10.4 Å². The molecule has 0 saturated carbocycles. The second-order valence-electron chi connectivity index (χ2n) is 2.28. The minimum Gasteiger partial charge on any atom is -0.387 e. The molecule has 3 N–H and O–H groups in total. The first-order chi connectivity index (χ1) is 5.66. The summed E-state index contributed by atoms with van der Waals surface area (Å²) in [5, 5.41) is 3.22. The van der Waals surface area contributed by atoms with Crippen LogP contribution in [0.4, 0.5) is 5.69 Å². The lowest BCUT2D eigenvalue weighted by Gasteiger charge is -2.05. The number of nitrogens with one attached hydrogen (secondary N) is 1. The van der Waals surface area contributed by atoms with Gasteiger partial charge in [-0.3, -0.25) is 4.79 Å². The van der Waals surface area contributed by atoms with Crippen molar-refractivity contribution in [3.63, 3.8) is 0 Å². The number of hydrogen-bond donors (Lipinski definition) is 2. The van der Waals surface area contributed by atoms with Crippen molar-refractivity contribution in [2.24, 2.45) is 5.73 Å². The Kier molecular flexibility index (Phi) is 2.55. The van der Waals surface area contributed by atoms with Crippen molar-refractivity contribution >= 4 is 23.2 Å². The van der Waals surface area contributed by atoms with Gasteiger partial charge in [-0.2, -0.15) is 0 Å². The lowest BCUT2D eigenvalue weighted by atomic mass is 10.2. The van der Waals surface area contributed by atoms with Gasteiger partial charge in [-0.05, 0) is 12.1 Å². The van der Waals surface area contributed by atoms with E-state index in [2.05, 4.69) is 5.32 Å². The maximum Gasteiger partial charge on any atom is 0.250 e. The molecule has 0 spiro atoms. The average Bonchev–Trinajstić information content (AvgIpc) is 2.04. The molecule has 0 bridgehead atoms. The Morgan fingerprint density at radius 2 is 2.25 bits per heavy atom. The summed E-state index contributed by atoms with van der Waals surface area (Å²) in [6, 6.07) is 5.08. The minimum absolute atomic E-state index is 0.337. The Labute approximate surface area is 75.5 Å². The van der Waals surface area contributed by atoms with Crippen LogP contribution in [-0.4, -0.2) is 13.0 Å². The fourth-order valence-electron chi connectivity index (χ4n) is 0.915. The van der Waals surface area contributed by atoms with Gasteiger partial charge in [-0.15, -0.1) is 0 Å². The molecule has 4 heteroatoms. The van der Waals surface area contributed by atoms with E-state index >= 15 is 0 Å². The van der Waals surface area contributed by atoms with Crippen molar-refractivity contribution in [3.05, 3.63) is 28.8 Å². The largest absolute Gasteiger partial charge is 0.387 e. The molecule has 0 atom stereocenters. The first-order valence-corrected chi connectivity index (χ1v) is 3.80. The van der Waals surface area contributed by atoms with Crippen molar-refractivity contribution in [2.75, 3.05) is 12.4 Å². The topological polar surface area (TPSA) is 55.1 Å². The van der Waals surface area contributed by atoms with E-state index in [1.165, 1.54) is 0 Å². The number of nitrogens with two attached hydrogens (primary N) is 1. The number of primary amides is 1.